The standard InChI is InChI=1S/C12H24O2.C7H8O3S/c1-2-3-4-5-6-7-8-9-10-11-12(13)14;1-6-2-4-7(5-3-6)11(8,9)10/h2-11H2,1H3,(H,13,14);2-5H,1H3,(H,8,9,10). The first-order valence-corrected chi connectivity index (χ1v) is 10.5. The summed E-state index contributed by atoms with van der Waals surface area (Å²) in [5.41, 5.74) is 0.956. The van der Waals surface area contributed by atoms with Crippen molar-refractivity contribution in [2.75, 3.05) is 0 Å². The summed E-state index contributed by atoms with van der Waals surface area (Å²) < 4.78 is 29.6. The highest BCUT2D eigenvalue weighted by Gasteiger charge is 2.06. The number of unbranched alkanes of at least 4 members (excludes halogenated alkanes) is 8. The van der Waals surface area contributed by atoms with E-state index in [0.29, 0.717) is 6.42 Å². The zero-order valence-corrected chi connectivity index (χ0v) is 16.2. The molecule has 0 aliphatic rings. The molecule has 0 unspecified atom stereocenters. The summed E-state index contributed by atoms with van der Waals surface area (Å²) in [6.07, 6.45) is 11.5. The van der Waals surface area contributed by atoms with E-state index in [-0.39, 0.29) is 4.90 Å². The van der Waals surface area contributed by atoms with Gasteiger partial charge in [-0.2, -0.15) is 8.42 Å². The van der Waals surface area contributed by atoms with E-state index >= 15 is 0 Å². The smallest absolute Gasteiger partial charge is 0.303 e. The Bertz CT molecular complexity index is 564. The highest BCUT2D eigenvalue weighted by atomic mass is 32.2. The summed E-state index contributed by atoms with van der Waals surface area (Å²) in [7, 11) is -4.02. The van der Waals surface area contributed by atoms with Crippen molar-refractivity contribution in [2.24, 2.45) is 0 Å². The van der Waals surface area contributed by atoms with Crippen molar-refractivity contribution in [1.82, 2.24) is 0 Å². The van der Waals surface area contributed by atoms with Gasteiger partial charge in [0.1, 0.15) is 0 Å². The molecule has 5 nitrogen and oxygen atoms in total. The van der Waals surface area contributed by atoms with Crippen LogP contribution in [0, 0.1) is 6.92 Å². The Kier molecular flexibility index (Phi) is 13.1. The number of carboxylic acid groups (broad SMARTS) is 1. The SMILES string of the molecule is CCCCCCCCCCCC(=O)O.Cc1ccc(S(=O)(=O)O)cc1. The van der Waals surface area contributed by atoms with Gasteiger partial charge in [0.2, 0.25) is 0 Å². The van der Waals surface area contributed by atoms with Crippen molar-refractivity contribution in [2.45, 2.75) is 83.0 Å². The molecule has 0 atom stereocenters. The van der Waals surface area contributed by atoms with Crippen molar-refractivity contribution in [1.29, 1.82) is 0 Å². The van der Waals surface area contributed by atoms with Gasteiger partial charge >= 0.3 is 5.97 Å². The molecule has 0 fully saturated rings. The molecule has 6 heteroatoms. The maximum absolute atomic E-state index is 10.5. The van der Waals surface area contributed by atoms with Gasteiger partial charge in [0.15, 0.2) is 0 Å². The first-order chi connectivity index (χ1) is 11.8. The average molecular weight is 373 g/mol. The van der Waals surface area contributed by atoms with Crippen LogP contribution in [-0.2, 0) is 14.9 Å². The number of carboxylic acids is 1. The van der Waals surface area contributed by atoms with Gasteiger partial charge in [0, 0.05) is 6.42 Å². The van der Waals surface area contributed by atoms with Crippen molar-refractivity contribution in [3.05, 3.63) is 29.8 Å². The summed E-state index contributed by atoms with van der Waals surface area (Å²) in [5, 5.41) is 8.41. The number of hydrogen-bond donors (Lipinski definition) is 2. The van der Waals surface area contributed by atoms with Crippen LogP contribution in [0.25, 0.3) is 0 Å². The first kappa shape index (κ1) is 23.6. The third-order valence-electron chi connectivity index (χ3n) is 3.81. The highest BCUT2D eigenvalue weighted by molar-refractivity contribution is 7.85. The van der Waals surface area contributed by atoms with E-state index < -0.39 is 16.1 Å². The summed E-state index contributed by atoms with van der Waals surface area (Å²) in [6, 6.07) is 5.99. The van der Waals surface area contributed by atoms with Gasteiger partial charge < -0.3 is 5.11 Å². The third-order valence-corrected chi connectivity index (χ3v) is 4.68. The Labute approximate surface area is 152 Å². The maximum Gasteiger partial charge on any atom is 0.303 e. The van der Waals surface area contributed by atoms with E-state index in [2.05, 4.69) is 6.92 Å². The lowest BCUT2D eigenvalue weighted by molar-refractivity contribution is -0.137. The maximum atomic E-state index is 10.5. The predicted octanol–water partition coefficient (Wildman–Crippen LogP) is 5.23. The molecule has 0 saturated heterocycles. The number of aryl methyl sites for hydroxylation is 1. The van der Waals surface area contributed by atoms with Crippen molar-refractivity contribution in [3.63, 3.8) is 0 Å². The zero-order valence-electron chi connectivity index (χ0n) is 15.4. The van der Waals surface area contributed by atoms with Gasteiger partial charge in [0.05, 0.1) is 4.90 Å². The second-order valence-corrected chi connectivity index (χ2v) is 7.68. The summed E-state index contributed by atoms with van der Waals surface area (Å²) in [6.45, 7) is 4.07. The Morgan fingerprint density at radius 3 is 1.72 bits per heavy atom. The molecule has 1 aromatic rings. The lowest BCUT2D eigenvalue weighted by Crippen LogP contribution is -1.96. The molecule has 0 aliphatic carbocycles. The van der Waals surface area contributed by atoms with Crippen molar-refractivity contribution < 1.29 is 22.9 Å². The Hall–Kier alpha value is -1.40. The fourth-order valence-electron chi connectivity index (χ4n) is 2.30. The summed E-state index contributed by atoms with van der Waals surface area (Å²) in [4.78, 5) is 10.1. The van der Waals surface area contributed by atoms with Crippen LogP contribution < -0.4 is 0 Å². The van der Waals surface area contributed by atoms with E-state index in [1.807, 2.05) is 6.92 Å². The number of aliphatic carboxylic acids is 1. The number of rotatable bonds is 11. The molecule has 0 bridgehead atoms. The summed E-state index contributed by atoms with van der Waals surface area (Å²) >= 11 is 0. The van der Waals surface area contributed by atoms with Gasteiger partial charge in [-0.25, -0.2) is 0 Å². The molecular weight excluding hydrogens is 340 g/mol. The Morgan fingerprint density at radius 1 is 0.880 bits per heavy atom. The molecule has 0 spiro atoms. The minimum absolute atomic E-state index is 0.0666. The summed E-state index contributed by atoms with van der Waals surface area (Å²) in [5.74, 6) is -0.659. The predicted molar refractivity (Wildman–Crippen MR) is 100 cm³/mol. The molecule has 0 radical (unpaired) electrons. The minimum atomic E-state index is -4.02. The van der Waals surface area contributed by atoms with Crippen LogP contribution in [0.1, 0.15) is 76.7 Å². The third kappa shape index (κ3) is 14.6. The van der Waals surface area contributed by atoms with Crippen molar-refractivity contribution >= 4 is 16.1 Å². The van der Waals surface area contributed by atoms with E-state index in [4.69, 9.17) is 9.66 Å². The second-order valence-electron chi connectivity index (χ2n) is 6.26. The lowest BCUT2D eigenvalue weighted by Gasteiger charge is -2.00. The van der Waals surface area contributed by atoms with Gasteiger partial charge in [-0.05, 0) is 25.5 Å². The zero-order chi connectivity index (χ0) is 19.1. The first-order valence-electron chi connectivity index (χ1n) is 9.03. The fourth-order valence-corrected chi connectivity index (χ4v) is 2.78. The van der Waals surface area contributed by atoms with E-state index in [9.17, 15) is 13.2 Å². The van der Waals surface area contributed by atoms with Crippen LogP contribution in [-0.4, -0.2) is 24.0 Å². The quantitative estimate of drug-likeness (QED) is 0.410. The Morgan fingerprint density at radius 2 is 1.32 bits per heavy atom. The molecule has 0 amide bonds. The molecule has 0 saturated carbocycles. The molecule has 1 aromatic carbocycles. The average Bonchev–Trinajstić information content (AvgIpc) is 2.53. The molecule has 0 aliphatic heterocycles. The van der Waals surface area contributed by atoms with Gasteiger partial charge in [-0.1, -0.05) is 76.0 Å². The van der Waals surface area contributed by atoms with Crippen LogP contribution in [0.3, 0.4) is 0 Å². The van der Waals surface area contributed by atoms with Crippen LogP contribution in [0.2, 0.25) is 0 Å². The Balaban J connectivity index is 0.000000472. The normalized spacial score (nSPS) is 10.8. The topological polar surface area (TPSA) is 91.7 Å². The van der Waals surface area contributed by atoms with Crippen LogP contribution >= 0.6 is 0 Å². The number of carbonyl (C=O) groups is 1. The largest absolute Gasteiger partial charge is 0.481 e. The lowest BCUT2D eigenvalue weighted by atomic mass is 10.1. The van der Waals surface area contributed by atoms with Crippen molar-refractivity contribution in [3.8, 4) is 0 Å². The number of hydrogen-bond acceptors (Lipinski definition) is 3. The molecular formula is C19H32O5S. The van der Waals surface area contributed by atoms with Gasteiger partial charge in [-0.15, -0.1) is 0 Å². The minimum Gasteiger partial charge on any atom is -0.481 e. The molecule has 0 heterocycles. The molecule has 25 heavy (non-hydrogen) atoms. The fraction of sp³-hybridized carbons (Fsp3) is 0.632. The van der Waals surface area contributed by atoms with Crippen LogP contribution in [0.15, 0.2) is 29.2 Å². The second kappa shape index (κ2) is 13.8. The molecule has 0 aromatic heterocycles. The van der Waals surface area contributed by atoms with Crippen LogP contribution in [0.4, 0.5) is 0 Å². The number of benzene rings is 1. The molecule has 1 rings (SSSR count). The van der Waals surface area contributed by atoms with E-state index in [1.54, 1.807) is 12.1 Å². The highest BCUT2D eigenvalue weighted by Crippen LogP contribution is 2.10. The monoisotopic (exact) mass is 372 g/mol. The molecule has 2 N–H and O–H groups in total. The van der Waals surface area contributed by atoms with Gasteiger partial charge in [-0.3, -0.25) is 9.35 Å². The van der Waals surface area contributed by atoms with E-state index in [1.165, 1.54) is 57.1 Å². The van der Waals surface area contributed by atoms with Crippen LogP contribution in [0.5, 0.6) is 0 Å². The molecule has 144 valence electrons. The van der Waals surface area contributed by atoms with E-state index in [0.717, 1.165) is 18.4 Å². The van der Waals surface area contributed by atoms with Gasteiger partial charge in [0.25, 0.3) is 10.1 Å².